The van der Waals surface area contributed by atoms with E-state index in [4.69, 9.17) is 11.6 Å². The van der Waals surface area contributed by atoms with E-state index in [0.717, 1.165) is 6.26 Å². The van der Waals surface area contributed by atoms with Gasteiger partial charge in [-0.1, -0.05) is 41.9 Å². The van der Waals surface area contributed by atoms with Gasteiger partial charge in [0.25, 0.3) is 0 Å². The zero-order valence-electron chi connectivity index (χ0n) is 24.2. The van der Waals surface area contributed by atoms with Gasteiger partial charge in [-0.25, -0.2) is 18.4 Å². The number of fused-ring (bicyclic) bond motifs is 1. The van der Waals surface area contributed by atoms with Crippen LogP contribution in [0.5, 0.6) is 0 Å². The smallest absolute Gasteiger partial charge is 0.327 e. The molecule has 10 nitrogen and oxygen atoms in total. The standard InChI is InChI=1S/C30H27ClF3N7O3S/c1-18(42)36-29-39-27-23(11-6-12-24(27)41(29)16-20-8-5-10-22(31)26(20)30(32,33)34)40(2)25-13-14-35-28(38-25)37-21-9-4-7-19(15-21)17-45(3,43)44/h4-15H,16-17H2,1-3H3,(H,35,37,38)(H,36,39,42). The van der Waals surface area contributed by atoms with Crippen LogP contribution in [0.3, 0.4) is 0 Å². The van der Waals surface area contributed by atoms with Crippen LogP contribution in [0.2, 0.25) is 5.02 Å². The van der Waals surface area contributed by atoms with E-state index in [1.165, 1.54) is 29.7 Å². The number of carbonyl (C=O) groups excluding carboxylic acids is 1. The maximum atomic E-state index is 13.9. The van der Waals surface area contributed by atoms with Gasteiger partial charge in [-0.3, -0.25) is 10.1 Å². The highest BCUT2D eigenvalue weighted by atomic mass is 35.5. The zero-order valence-corrected chi connectivity index (χ0v) is 25.8. The molecule has 0 saturated heterocycles. The van der Waals surface area contributed by atoms with Crippen LogP contribution in [0.25, 0.3) is 11.0 Å². The number of nitrogens with zero attached hydrogens (tertiary/aromatic N) is 5. The number of carbonyl (C=O) groups is 1. The molecule has 0 bridgehead atoms. The van der Waals surface area contributed by atoms with Crippen molar-refractivity contribution in [3.8, 4) is 0 Å². The van der Waals surface area contributed by atoms with Gasteiger partial charge in [-0.05, 0) is 47.5 Å². The fraction of sp³-hybridized carbons (Fsp3) is 0.200. The molecule has 234 valence electrons. The van der Waals surface area contributed by atoms with Gasteiger partial charge in [0.05, 0.1) is 34.1 Å². The number of hydrogen-bond donors (Lipinski definition) is 2. The van der Waals surface area contributed by atoms with E-state index in [-0.39, 0.29) is 29.8 Å². The average Bonchev–Trinajstić information content (AvgIpc) is 3.27. The third-order valence-corrected chi connectivity index (χ3v) is 7.89. The highest BCUT2D eigenvalue weighted by Crippen LogP contribution is 2.39. The summed E-state index contributed by atoms with van der Waals surface area (Å²) in [6.07, 6.45) is -1.99. The first kappa shape index (κ1) is 31.7. The topological polar surface area (TPSA) is 122 Å². The highest BCUT2D eigenvalue weighted by molar-refractivity contribution is 7.89. The molecule has 0 radical (unpaired) electrons. The van der Waals surface area contributed by atoms with Gasteiger partial charge < -0.3 is 14.8 Å². The van der Waals surface area contributed by atoms with E-state index in [0.29, 0.717) is 33.8 Å². The summed E-state index contributed by atoms with van der Waals surface area (Å²) in [5, 5.41) is 5.28. The van der Waals surface area contributed by atoms with Crippen LogP contribution in [0, 0.1) is 0 Å². The number of nitrogens with one attached hydrogen (secondary N) is 2. The first-order valence-electron chi connectivity index (χ1n) is 13.4. The predicted molar refractivity (Wildman–Crippen MR) is 168 cm³/mol. The summed E-state index contributed by atoms with van der Waals surface area (Å²) in [7, 11) is -1.48. The molecule has 3 aromatic carbocycles. The molecule has 0 spiro atoms. The van der Waals surface area contributed by atoms with E-state index in [2.05, 4.69) is 25.6 Å². The fourth-order valence-electron chi connectivity index (χ4n) is 4.89. The van der Waals surface area contributed by atoms with E-state index >= 15 is 0 Å². The molecule has 15 heteroatoms. The summed E-state index contributed by atoms with van der Waals surface area (Å²) >= 11 is 5.97. The Bertz CT molecular complexity index is 2020. The lowest BCUT2D eigenvalue weighted by atomic mass is 10.1. The van der Waals surface area contributed by atoms with Crippen LogP contribution >= 0.6 is 11.6 Å². The first-order chi connectivity index (χ1) is 21.2. The van der Waals surface area contributed by atoms with Crippen LogP contribution in [0.15, 0.2) is 72.9 Å². The second kappa shape index (κ2) is 12.4. The highest BCUT2D eigenvalue weighted by Gasteiger charge is 2.36. The van der Waals surface area contributed by atoms with Crippen molar-refractivity contribution in [2.75, 3.05) is 28.8 Å². The minimum Gasteiger partial charge on any atom is -0.327 e. The minimum absolute atomic E-state index is 0.0606. The Morgan fingerprint density at radius 1 is 1.04 bits per heavy atom. The van der Waals surface area contributed by atoms with Crippen molar-refractivity contribution in [1.82, 2.24) is 19.5 Å². The Balaban J connectivity index is 1.52. The molecule has 2 heterocycles. The van der Waals surface area contributed by atoms with Crippen molar-refractivity contribution in [3.63, 3.8) is 0 Å². The number of amides is 1. The molecule has 0 atom stereocenters. The number of para-hydroxylation sites is 1. The maximum Gasteiger partial charge on any atom is 0.418 e. The molecule has 0 aliphatic rings. The van der Waals surface area contributed by atoms with E-state index in [1.807, 2.05) is 0 Å². The first-order valence-corrected chi connectivity index (χ1v) is 15.9. The zero-order chi connectivity index (χ0) is 32.5. The molecule has 0 fully saturated rings. The van der Waals surface area contributed by atoms with Crippen molar-refractivity contribution in [2.45, 2.75) is 25.4 Å². The molecule has 45 heavy (non-hydrogen) atoms. The summed E-state index contributed by atoms with van der Waals surface area (Å²) < 4.78 is 66.8. The second-order valence-electron chi connectivity index (χ2n) is 10.3. The maximum absolute atomic E-state index is 13.9. The van der Waals surface area contributed by atoms with E-state index < -0.39 is 32.5 Å². The largest absolute Gasteiger partial charge is 0.418 e. The summed E-state index contributed by atoms with van der Waals surface area (Å²) in [5.41, 5.74) is 1.57. The Morgan fingerprint density at radius 3 is 2.49 bits per heavy atom. The van der Waals surface area contributed by atoms with Gasteiger partial charge in [-0.2, -0.15) is 18.2 Å². The van der Waals surface area contributed by atoms with Gasteiger partial charge in [-0.15, -0.1) is 0 Å². The van der Waals surface area contributed by atoms with Crippen molar-refractivity contribution in [2.24, 2.45) is 0 Å². The van der Waals surface area contributed by atoms with Gasteiger partial charge in [0, 0.05) is 32.1 Å². The molecule has 0 unspecified atom stereocenters. The number of alkyl halides is 3. The van der Waals surface area contributed by atoms with E-state index in [9.17, 15) is 26.4 Å². The lowest BCUT2D eigenvalue weighted by molar-refractivity contribution is -0.138. The molecule has 2 aromatic heterocycles. The molecular weight excluding hydrogens is 631 g/mol. The number of benzene rings is 3. The summed E-state index contributed by atoms with van der Waals surface area (Å²) in [4.78, 5) is 27.3. The third-order valence-electron chi connectivity index (χ3n) is 6.72. The molecule has 5 aromatic rings. The van der Waals surface area contributed by atoms with Gasteiger partial charge >= 0.3 is 6.18 Å². The number of halogens is 4. The van der Waals surface area contributed by atoms with Crippen molar-refractivity contribution in [1.29, 1.82) is 0 Å². The fourth-order valence-corrected chi connectivity index (χ4v) is 5.98. The van der Waals surface area contributed by atoms with Crippen LogP contribution in [0.4, 0.5) is 42.3 Å². The number of rotatable bonds is 9. The van der Waals surface area contributed by atoms with Gasteiger partial charge in [0.2, 0.25) is 17.8 Å². The SMILES string of the molecule is CC(=O)Nc1nc2c(N(C)c3ccnc(Nc4cccc(CS(C)(=O)=O)c4)n3)cccc2n1Cc1cccc(Cl)c1C(F)(F)F. The quantitative estimate of drug-likeness (QED) is 0.183. The molecule has 5 rings (SSSR count). The summed E-state index contributed by atoms with van der Waals surface area (Å²) in [6, 6.07) is 17.7. The Morgan fingerprint density at radius 2 is 1.78 bits per heavy atom. The van der Waals surface area contributed by atoms with Crippen molar-refractivity contribution >= 4 is 67.5 Å². The van der Waals surface area contributed by atoms with Crippen LogP contribution in [0.1, 0.15) is 23.6 Å². The molecule has 2 N–H and O–H groups in total. The molecular formula is C30H27ClF3N7O3S. The Kier molecular flexibility index (Phi) is 8.72. The molecule has 1 amide bonds. The lowest BCUT2D eigenvalue weighted by Crippen LogP contribution is -2.16. The third kappa shape index (κ3) is 7.35. The number of aromatic nitrogens is 4. The predicted octanol–water partition coefficient (Wildman–Crippen LogP) is 6.56. The minimum atomic E-state index is -4.70. The summed E-state index contributed by atoms with van der Waals surface area (Å²) in [6.45, 7) is 1.01. The van der Waals surface area contributed by atoms with E-state index in [1.54, 1.807) is 66.7 Å². The Labute approximate surface area is 261 Å². The number of hydrogen-bond acceptors (Lipinski definition) is 8. The molecule has 0 aliphatic heterocycles. The van der Waals surface area contributed by atoms with Crippen LogP contribution in [-0.4, -0.2) is 47.1 Å². The normalized spacial score (nSPS) is 11.9. The molecule has 0 saturated carbocycles. The number of anilines is 5. The second-order valence-corrected chi connectivity index (χ2v) is 12.9. The lowest BCUT2D eigenvalue weighted by Gasteiger charge is -2.19. The van der Waals surface area contributed by atoms with Crippen LogP contribution < -0.4 is 15.5 Å². The summed E-state index contributed by atoms with van der Waals surface area (Å²) in [5.74, 6) is 0.199. The molecule has 0 aliphatic carbocycles. The van der Waals surface area contributed by atoms with Gasteiger partial charge in [0.15, 0.2) is 9.84 Å². The average molecular weight is 658 g/mol. The monoisotopic (exact) mass is 657 g/mol. The van der Waals surface area contributed by atoms with Gasteiger partial charge in [0.1, 0.15) is 11.3 Å². The van der Waals surface area contributed by atoms with Crippen LogP contribution in [-0.2, 0) is 33.1 Å². The van der Waals surface area contributed by atoms with Crippen molar-refractivity contribution in [3.05, 3.63) is 94.6 Å². The number of imidazole rings is 1. The number of sulfone groups is 1. The Hall–Kier alpha value is -4.69. The van der Waals surface area contributed by atoms with Crippen molar-refractivity contribution < 1.29 is 26.4 Å².